The summed E-state index contributed by atoms with van der Waals surface area (Å²) in [5, 5.41) is 13.6. The molecule has 0 fully saturated rings. The van der Waals surface area contributed by atoms with E-state index in [9.17, 15) is 14.9 Å². The molecule has 3 aliphatic rings. The molecule has 0 saturated carbocycles. The molecule has 7 nitrogen and oxygen atoms in total. The number of para-hydroxylation sites is 1. The Labute approximate surface area is 180 Å². The zero-order valence-corrected chi connectivity index (χ0v) is 16.7. The van der Waals surface area contributed by atoms with Crippen molar-refractivity contribution in [1.82, 2.24) is 0 Å². The minimum atomic E-state index is -1.68. The molecule has 0 aliphatic carbocycles. The number of carbonyl (C=O) groups is 2. The maximum atomic E-state index is 13.3. The fourth-order valence-corrected chi connectivity index (χ4v) is 4.89. The number of carbonyl (C=O) groups excluding carboxylic acids is 2. The smallest absolute Gasteiger partial charge is 0.338 e. The Morgan fingerprint density at radius 3 is 2.57 bits per heavy atom. The molecular formula is C21H12Cl2N4O3. The van der Waals surface area contributed by atoms with E-state index in [0.717, 1.165) is 0 Å². The van der Waals surface area contributed by atoms with Crippen LogP contribution in [0, 0.1) is 11.3 Å². The minimum absolute atomic E-state index is 0.000244. The number of benzene rings is 2. The van der Waals surface area contributed by atoms with Gasteiger partial charge in [0.2, 0.25) is 5.91 Å². The van der Waals surface area contributed by atoms with Gasteiger partial charge in [-0.3, -0.25) is 9.69 Å². The summed E-state index contributed by atoms with van der Waals surface area (Å²) in [6, 6.07) is 13.7. The van der Waals surface area contributed by atoms with Gasteiger partial charge in [0.1, 0.15) is 23.9 Å². The number of ether oxygens (including phenoxy) is 1. The molecule has 0 aromatic heterocycles. The fraction of sp³-hybridized carbons (Fsp3) is 0.0952. The van der Waals surface area contributed by atoms with Gasteiger partial charge in [-0.25, -0.2) is 4.79 Å². The van der Waals surface area contributed by atoms with E-state index in [1.165, 1.54) is 4.90 Å². The van der Waals surface area contributed by atoms with Crippen LogP contribution >= 0.6 is 23.2 Å². The Hall–Kier alpha value is -3.47. The van der Waals surface area contributed by atoms with Crippen LogP contribution in [0.5, 0.6) is 0 Å². The van der Waals surface area contributed by atoms with Crippen molar-refractivity contribution in [3.05, 3.63) is 80.7 Å². The second-order valence-electron chi connectivity index (χ2n) is 6.98. The van der Waals surface area contributed by atoms with Gasteiger partial charge in [-0.05, 0) is 24.3 Å². The van der Waals surface area contributed by atoms with E-state index in [1.54, 1.807) is 42.5 Å². The van der Waals surface area contributed by atoms with Gasteiger partial charge in [0.15, 0.2) is 0 Å². The predicted molar refractivity (Wildman–Crippen MR) is 111 cm³/mol. The molecule has 9 heteroatoms. The van der Waals surface area contributed by atoms with Crippen LogP contribution in [-0.2, 0) is 19.7 Å². The topological polar surface area (TPSA) is 108 Å². The number of hydrogen-bond acceptors (Lipinski definition) is 6. The third-order valence-electron chi connectivity index (χ3n) is 5.49. The number of hydrogen-bond donors (Lipinski definition) is 2. The molecule has 1 unspecified atom stereocenters. The van der Waals surface area contributed by atoms with Gasteiger partial charge in [0, 0.05) is 21.3 Å². The summed E-state index contributed by atoms with van der Waals surface area (Å²) in [7, 11) is 0. The first-order valence-corrected chi connectivity index (χ1v) is 9.63. The van der Waals surface area contributed by atoms with Crippen molar-refractivity contribution in [2.24, 2.45) is 5.73 Å². The van der Waals surface area contributed by atoms with Crippen LogP contribution in [0.25, 0.3) is 0 Å². The highest BCUT2D eigenvalue weighted by molar-refractivity contribution is 6.35. The summed E-state index contributed by atoms with van der Waals surface area (Å²) in [5.41, 5.74) is 6.56. The monoisotopic (exact) mass is 438 g/mol. The van der Waals surface area contributed by atoms with Crippen molar-refractivity contribution in [3.63, 3.8) is 0 Å². The van der Waals surface area contributed by atoms with Gasteiger partial charge in [-0.15, -0.1) is 0 Å². The highest BCUT2D eigenvalue weighted by Gasteiger charge is 2.61. The second kappa shape index (κ2) is 6.26. The number of amides is 1. The summed E-state index contributed by atoms with van der Waals surface area (Å²) in [4.78, 5) is 27.7. The van der Waals surface area contributed by atoms with Crippen LogP contribution in [0.1, 0.15) is 5.56 Å². The van der Waals surface area contributed by atoms with Crippen molar-refractivity contribution in [2.45, 2.75) is 5.41 Å². The summed E-state index contributed by atoms with van der Waals surface area (Å²) >= 11 is 12.3. The molecule has 30 heavy (non-hydrogen) atoms. The average Bonchev–Trinajstić information content (AvgIpc) is 3.20. The van der Waals surface area contributed by atoms with Crippen LogP contribution < -0.4 is 16.0 Å². The van der Waals surface area contributed by atoms with E-state index in [4.69, 9.17) is 33.7 Å². The lowest BCUT2D eigenvalue weighted by molar-refractivity contribution is -0.137. The van der Waals surface area contributed by atoms with Crippen LogP contribution in [-0.4, -0.2) is 18.5 Å². The number of nitrogens with zero attached hydrogens (tertiary/aromatic N) is 2. The molecule has 2 aromatic rings. The second-order valence-corrected chi connectivity index (χ2v) is 7.86. The van der Waals surface area contributed by atoms with E-state index >= 15 is 0 Å². The van der Waals surface area contributed by atoms with Gasteiger partial charge in [-0.2, -0.15) is 5.26 Å². The molecule has 3 N–H and O–H groups in total. The van der Waals surface area contributed by atoms with E-state index < -0.39 is 17.3 Å². The lowest BCUT2D eigenvalue weighted by Gasteiger charge is -2.38. The summed E-state index contributed by atoms with van der Waals surface area (Å²) in [6.07, 6.45) is 0. The molecule has 0 saturated heterocycles. The normalized spacial score (nSPS) is 22.1. The lowest BCUT2D eigenvalue weighted by atomic mass is 9.67. The number of esters is 1. The molecular weight excluding hydrogens is 427 g/mol. The molecule has 1 amide bonds. The SMILES string of the molecule is N#CC1=C(N)N(c2cc(Cl)cc(Cl)c2)C2=C(C(=O)OC2)C12C(=O)Nc1ccccc12. The van der Waals surface area contributed by atoms with Crippen molar-refractivity contribution in [1.29, 1.82) is 5.26 Å². The number of fused-ring (bicyclic) bond motifs is 3. The summed E-state index contributed by atoms with van der Waals surface area (Å²) < 4.78 is 5.31. The van der Waals surface area contributed by atoms with E-state index in [2.05, 4.69) is 11.4 Å². The Bertz CT molecular complexity index is 1260. The molecule has 1 spiro atoms. The van der Waals surface area contributed by atoms with Crippen LogP contribution in [0.3, 0.4) is 0 Å². The van der Waals surface area contributed by atoms with Crippen LogP contribution in [0.2, 0.25) is 10.0 Å². The van der Waals surface area contributed by atoms with Crippen molar-refractivity contribution < 1.29 is 14.3 Å². The molecule has 2 aromatic carbocycles. The Balaban J connectivity index is 1.87. The van der Waals surface area contributed by atoms with Crippen molar-refractivity contribution in [3.8, 4) is 6.07 Å². The quantitative estimate of drug-likeness (QED) is 0.661. The van der Waals surface area contributed by atoms with E-state index in [0.29, 0.717) is 32.7 Å². The minimum Gasteiger partial charge on any atom is -0.456 e. The molecule has 0 bridgehead atoms. The first kappa shape index (κ1) is 18.6. The predicted octanol–water partition coefficient (Wildman–Crippen LogP) is 3.21. The third kappa shape index (κ3) is 2.20. The van der Waals surface area contributed by atoms with Gasteiger partial charge in [-0.1, -0.05) is 41.4 Å². The Morgan fingerprint density at radius 2 is 1.87 bits per heavy atom. The molecule has 5 rings (SSSR count). The van der Waals surface area contributed by atoms with Gasteiger partial charge in [0.25, 0.3) is 0 Å². The van der Waals surface area contributed by atoms with Crippen LogP contribution in [0.4, 0.5) is 11.4 Å². The number of cyclic esters (lactones) is 1. The maximum absolute atomic E-state index is 13.3. The Morgan fingerprint density at radius 1 is 1.17 bits per heavy atom. The summed E-state index contributed by atoms with van der Waals surface area (Å²) in [5.74, 6) is -1.21. The number of nitriles is 1. The van der Waals surface area contributed by atoms with Gasteiger partial charge < -0.3 is 15.8 Å². The first-order chi connectivity index (χ1) is 14.4. The highest BCUT2D eigenvalue weighted by Crippen LogP contribution is 2.54. The molecule has 148 valence electrons. The zero-order valence-electron chi connectivity index (χ0n) is 15.2. The number of nitrogens with one attached hydrogen (secondary N) is 1. The Kier molecular flexibility index (Phi) is 3.87. The number of rotatable bonds is 1. The van der Waals surface area contributed by atoms with Crippen LogP contribution in [0.15, 0.2) is 65.1 Å². The third-order valence-corrected chi connectivity index (χ3v) is 5.92. The summed E-state index contributed by atoms with van der Waals surface area (Å²) in [6.45, 7) is -0.116. The van der Waals surface area contributed by atoms with Gasteiger partial charge >= 0.3 is 5.97 Å². The number of nitrogens with two attached hydrogens (primary N) is 1. The number of halogens is 2. The average molecular weight is 439 g/mol. The largest absolute Gasteiger partial charge is 0.456 e. The molecule has 3 heterocycles. The molecule has 3 aliphatic heterocycles. The lowest BCUT2D eigenvalue weighted by Crippen LogP contribution is -2.48. The number of anilines is 2. The van der Waals surface area contributed by atoms with Gasteiger partial charge in [0.05, 0.1) is 22.5 Å². The van der Waals surface area contributed by atoms with E-state index in [1.807, 2.05) is 0 Å². The zero-order chi connectivity index (χ0) is 21.2. The van der Waals surface area contributed by atoms with Crippen molar-refractivity contribution in [2.75, 3.05) is 16.8 Å². The highest BCUT2D eigenvalue weighted by atomic mass is 35.5. The van der Waals surface area contributed by atoms with E-state index in [-0.39, 0.29) is 23.6 Å². The standard InChI is InChI=1S/C21H12Cl2N4O3/c22-10-5-11(23)7-12(6-10)27-16-9-30-19(28)17(16)21(14(8-24)18(27)25)13-3-1-2-4-15(13)26-20(21)29/h1-7H,9,25H2,(H,26,29). The van der Waals surface area contributed by atoms with Crippen molar-refractivity contribution >= 4 is 46.5 Å². The molecule has 1 atom stereocenters. The molecule has 0 radical (unpaired) electrons. The first-order valence-electron chi connectivity index (χ1n) is 8.88. The maximum Gasteiger partial charge on any atom is 0.338 e. The fourth-order valence-electron chi connectivity index (χ4n) is 4.37.